The zero-order valence-electron chi connectivity index (χ0n) is 10.1. The van der Waals surface area contributed by atoms with E-state index in [0.29, 0.717) is 19.4 Å². The minimum Gasteiger partial charge on any atom is -0.364 e. The van der Waals surface area contributed by atoms with Crippen molar-refractivity contribution in [1.82, 2.24) is 0 Å². The van der Waals surface area contributed by atoms with Crippen LogP contribution in [0, 0.1) is 11.6 Å². The lowest BCUT2D eigenvalue weighted by Gasteiger charge is -2.13. The summed E-state index contributed by atoms with van der Waals surface area (Å²) in [7, 11) is 0. The molecular weight excluding hydrogens is 278 g/mol. The molecule has 1 aromatic rings. The van der Waals surface area contributed by atoms with Crippen LogP contribution in [0.2, 0.25) is 0 Å². The number of hydrogen-bond acceptors (Lipinski definition) is 3. The van der Waals surface area contributed by atoms with E-state index in [4.69, 9.17) is 10.5 Å². The van der Waals surface area contributed by atoms with Crippen molar-refractivity contribution in [1.29, 1.82) is 0 Å². The van der Waals surface area contributed by atoms with Gasteiger partial charge in [-0.2, -0.15) is 0 Å². The molecule has 1 aliphatic heterocycles. The first kappa shape index (κ1) is 15.8. The topological polar surface area (TPSA) is 64.4 Å². The summed E-state index contributed by atoms with van der Waals surface area (Å²) >= 11 is 0. The first-order chi connectivity index (χ1) is 8.61. The van der Waals surface area contributed by atoms with E-state index in [2.05, 4.69) is 5.32 Å². The van der Waals surface area contributed by atoms with Crippen LogP contribution in [0.1, 0.15) is 12.8 Å². The fourth-order valence-corrected chi connectivity index (χ4v) is 1.89. The maximum Gasteiger partial charge on any atom is 0.253 e. The van der Waals surface area contributed by atoms with Gasteiger partial charge in [0.2, 0.25) is 0 Å². The molecule has 0 aromatic heterocycles. The Bertz CT molecular complexity index is 459. The summed E-state index contributed by atoms with van der Waals surface area (Å²) in [5, 5.41) is 2.32. The van der Waals surface area contributed by atoms with Crippen LogP contribution in [0.15, 0.2) is 18.2 Å². The standard InChI is InChI=1S/C12H14F2N2O2.ClH/c13-8-2-1-3-9(11(8)14)16-12(17)10-5-4-7(6-15)18-10;/h1-3,7,10H,4-6,15H2,(H,16,17);1H/t7-,10+;/m1./s1. The second-order valence-electron chi connectivity index (χ2n) is 4.15. The first-order valence-electron chi connectivity index (χ1n) is 5.72. The summed E-state index contributed by atoms with van der Waals surface area (Å²) < 4.78 is 31.7. The second kappa shape index (κ2) is 6.79. The molecule has 0 spiro atoms. The Morgan fingerprint density at radius 2 is 2.16 bits per heavy atom. The number of ether oxygens (including phenoxy) is 1. The molecular formula is C12H15ClF2N2O2. The van der Waals surface area contributed by atoms with Gasteiger partial charge in [-0.1, -0.05) is 6.07 Å². The van der Waals surface area contributed by atoms with Crippen molar-refractivity contribution in [3.05, 3.63) is 29.8 Å². The highest BCUT2D eigenvalue weighted by Crippen LogP contribution is 2.22. The Labute approximate surface area is 115 Å². The van der Waals surface area contributed by atoms with Crippen LogP contribution in [-0.4, -0.2) is 24.7 Å². The third-order valence-electron chi connectivity index (χ3n) is 2.87. The SMILES string of the molecule is Cl.NC[C@H]1CC[C@@H](C(=O)Nc2cccc(F)c2F)O1. The number of amides is 1. The zero-order valence-corrected chi connectivity index (χ0v) is 10.9. The second-order valence-corrected chi connectivity index (χ2v) is 4.15. The van der Waals surface area contributed by atoms with Gasteiger partial charge in [-0.25, -0.2) is 8.78 Å². The lowest BCUT2D eigenvalue weighted by molar-refractivity contribution is -0.126. The van der Waals surface area contributed by atoms with Gasteiger partial charge < -0.3 is 15.8 Å². The van der Waals surface area contributed by atoms with E-state index in [9.17, 15) is 13.6 Å². The molecule has 1 aliphatic rings. The van der Waals surface area contributed by atoms with Crippen molar-refractivity contribution in [3.8, 4) is 0 Å². The van der Waals surface area contributed by atoms with Crippen LogP contribution in [0.25, 0.3) is 0 Å². The summed E-state index contributed by atoms with van der Waals surface area (Å²) in [4.78, 5) is 11.8. The molecule has 1 fully saturated rings. The third kappa shape index (κ3) is 3.62. The molecule has 1 saturated heterocycles. The molecule has 2 atom stereocenters. The van der Waals surface area contributed by atoms with E-state index in [1.807, 2.05) is 0 Å². The molecule has 0 unspecified atom stereocenters. The number of nitrogens with one attached hydrogen (secondary N) is 1. The van der Waals surface area contributed by atoms with Crippen LogP contribution in [0.4, 0.5) is 14.5 Å². The quantitative estimate of drug-likeness (QED) is 0.893. The van der Waals surface area contributed by atoms with Crippen molar-refractivity contribution in [2.45, 2.75) is 25.0 Å². The van der Waals surface area contributed by atoms with Gasteiger partial charge >= 0.3 is 0 Å². The molecule has 0 saturated carbocycles. The minimum absolute atomic E-state index is 0. The van der Waals surface area contributed by atoms with Gasteiger partial charge in [0.15, 0.2) is 11.6 Å². The lowest BCUT2D eigenvalue weighted by atomic mass is 10.2. The van der Waals surface area contributed by atoms with E-state index >= 15 is 0 Å². The highest BCUT2D eigenvalue weighted by atomic mass is 35.5. The number of benzene rings is 1. The highest BCUT2D eigenvalue weighted by molar-refractivity contribution is 5.94. The van der Waals surface area contributed by atoms with Gasteiger partial charge in [0, 0.05) is 6.54 Å². The molecule has 2 rings (SSSR count). The Kier molecular flexibility index (Phi) is 5.65. The van der Waals surface area contributed by atoms with Crippen LogP contribution in [0.5, 0.6) is 0 Å². The van der Waals surface area contributed by atoms with E-state index in [0.717, 1.165) is 6.07 Å². The molecule has 1 aromatic carbocycles. The fraction of sp³-hybridized carbons (Fsp3) is 0.417. The van der Waals surface area contributed by atoms with Crippen LogP contribution >= 0.6 is 12.4 Å². The smallest absolute Gasteiger partial charge is 0.253 e. The molecule has 0 aliphatic carbocycles. The van der Waals surface area contributed by atoms with E-state index in [1.54, 1.807) is 0 Å². The predicted octanol–water partition coefficient (Wildman–Crippen LogP) is 1.83. The van der Waals surface area contributed by atoms with Crippen molar-refractivity contribution >= 4 is 24.0 Å². The Morgan fingerprint density at radius 3 is 2.79 bits per heavy atom. The van der Waals surface area contributed by atoms with Crippen molar-refractivity contribution in [2.24, 2.45) is 5.73 Å². The largest absolute Gasteiger partial charge is 0.364 e. The average Bonchev–Trinajstić information content (AvgIpc) is 2.83. The van der Waals surface area contributed by atoms with Crippen LogP contribution < -0.4 is 11.1 Å². The molecule has 4 nitrogen and oxygen atoms in total. The summed E-state index contributed by atoms with van der Waals surface area (Å²) in [6.07, 6.45) is 0.435. The Hall–Kier alpha value is -1.24. The normalized spacial score (nSPS) is 21.8. The summed E-state index contributed by atoms with van der Waals surface area (Å²) in [5.74, 6) is -2.55. The van der Waals surface area contributed by atoms with Crippen molar-refractivity contribution in [2.75, 3.05) is 11.9 Å². The molecule has 0 bridgehead atoms. The number of halogens is 3. The number of carbonyl (C=O) groups excluding carboxylic acids is 1. The predicted molar refractivity (Wildman–Crippen MR) is 69.2 cm³/mol. The summed E-state index contributed by atoms with van der Waals surface area (Å²) in [6.45, 7) is 0.345. The number of hydrogen-bond donors (Lipinski definition) is 2. The fourth-order valence-electron chi connectivity index (χ4n) is 1.89. The van der Waals surface area contributed by atoms with Gasteiger partial charge in [0.1, 0.15) is 6.10 Å². The van der Waals surface area contributed by atoms with Gasteiger partial charge in [-0.15, -0.1) is 12.4 Å². The average molecular weight is 293 g/mol. The van der Waals surface area contributed by atoms with Crippen LogP contribution in [-0.2, 0) is 9.53 Å². The van der Waals surface area contributed by atoms with E-state index in [-0.39, 0.29) is 24.2 Å². The number of anilines is 1. The van der Waals surface area contributed by atoms with Crippen molar-refractivity contribution < 1.29 is 18.3 Å². The van der Waals surface area contributed by atoms with Gasteiger partial charge in [-0.05, 0) is 25.0 Å². The molecule has 106 valence electrons. The van der Waals surface area contributed by atoms with E-state index in [1.165, 1.54) is 12.1 Å². The zero-order chi connectivity index (χ0) is 13.1. The maximum atomic E-state index is 13.3. The molecule has 1 heterocycles. The molecule has 0 radical (unpaired) electrons. The third-order valence-corrected chi connectivity index (χ3v) is 2.87. The van der Waals surface area contributed by atoms with Gasteiger partial charge in [-0.3, -0.25) is 4.79 Å². The van der Waals surface area contributed by atoms with E-state index < -0.39 is 23.6 Å². The molecule has 1 amide bonds. The monoisotopic (exact) mass is 292 g/mol. The molecule has 3 N–H and O–H groups in total. The highest BCUT2D eigenvalue weighted by Gasteiger charge is 2.30. The number of carbonyl (C=O) groups is 1. The molecule has 7 heteroatoms. The van der Waals surface area contributed by atoms with Gasteiger partial charge in [0.05, 0.1) is 11.8 Å². The van der Waals surface area contributed by atoms with Gasteiger partial charge in [0.25, 0.3) is 5.91 Å². The van der Waals surface area contributed by atoms with Crippen molar-refractivity contribution in [3.63, 3.8) is 0 Å². The number of nitrogens with two attached hydrogens (primary N) is 1. The maximum absolute atomic E-state index is 13.3. The van der Waals surface area contributed by atoms with Crippen LogP contribution in [0.3, 0.4) is 0 Å². The minimum atomic E-state index is -1.07. The lowest BCUT2D eigenvalue weighted by Crippen LogP contribution is -2.30. The Balaban J connectivity index is 0.00000180. The molecule has 19 heavy (non-hydrogen) atoms. The first-order valence-corrected chi connectivity index (χ1v) is 5.72. The summed E-state index contributed by atoms with van der Waals surface area (Å²) in [5.41, 5.74) is 5.25. The Morgan fingerprint density at radius 1 is 1.42 bits per heavy atom. The number of rotatable bonds is 3. The summed E-state index contributed by atoms with van der Waals surface area (Å²) in [6, 6.07) is 3.61.